The highest BCUT2D eigenvalue weighted by molar-refractivity contribution is 5.96. The van der Waals surface area contributed by atoms with Crippen LogP contribution < -0.4 is 0 Å². The van der Waals surface area contributed by atoms with Crippen molar-refractivity contribution in [3.8, 4) is 11.1 Å². The Morgan fingerprint density at radius 1 is 1.05 bits per heavy atom. The number of Topliss-reactive ketones (excluding diaryl/α,β-unsaturated/α-hetero) is 1. The molecule has 2 aromatic carbocycles. The SMILES string of the molecule is CCC(=O)c1ccc(-c2c(F)ccc(C)c2F)cc1. The third-order valence-corrected chi connectivity index (χ3v) is 3.10. The van der Waals surface area contributed by atoms with Gasteiger partial charge < -0.3 is 0 Å². The Kier molecular flexibility index (Phi) is 3.74. The molecule has 19 heavy (non-hydrogen) atoms. The van der Waals surface area contributed by atoms with Crippen molar-refractivity contribution in [2.45, 2.75) is 20.3 Å². The topological polar surface area (TPSA) is 17.1 Å². The predicted molar refractivity (Wildman–Crippen MR) is 71.2 cm³/mol. The molecule has 0 N–H and O–H groups in total. The van der Waals surface area contributed by atoms with Gasteiger partial charge in [-0.15, -0.1) is 0 Å². The Bertz CT molecular complexity index is 615. The first-order valence-electron chi connectivity index (χ1n) is 6.12. The minimum atomic E-state index is -0.599. The lowest BCUT2D eigenvalue weighted by molar-refractivity contribution is 0.0988. The summed E-state index contributed by atoms with van der Waals surface area (Å²) in [6.07, 6.45) is 0.409. The summed E-state index contributed by atoms with van der Waals surface area (Å²) < 4.78 is 27.7. The Morgan fingerprint density at radius 2 is 1.68 bits per heavy atom. The van der Waals surface area contributed by atoms with E-state index >= 15 is 0 Å². The number of carbonyl (C=O) groups excluding carboxylic acids is 1. The van der Waals surface area contributed by atoms with Crippen molar-refractivity contribution in [3.05, 3.63) is 59.2 Å². The normalized spacial score (nSPS) is 10.5. The largest absolute Gasteiger partial charge is 0.294 e. The first-order chi connectivity index (χ1) is 9.04. The lowest BCUT2D eigenvalue weighted by Gasteiger charge is -2.08. The van der Waals surface area contributed by atoms with Crippen LogP contribution in [-0.4, -0.2) is 5.78 Å². The average Bonchev–Trinajstić information content (AvgIpc) is 2.43. The van der Waals surface area contributed by atoms with E-state index in [2.05, 4.69) is 0 Å². The molecule has 3 heteroatoms. The van der Waals surface area contributed by atoms with E-state index in [0.717, 1.165) is 0 Å². The van der Waals surface area contributed by atoms with E-state index < -0.39 is 11.6 Å². The van der Waals surface area contributed by atoms with Crippen LogP contribution in [0.2, 0.25) is 0 Å². The van der Waals surface area contributed by atoms with E-state index in [1.807, 2.05) is 0 Å². The fourth-order valence-electron chi connectivity index (χ4n) is 1.95. The van der Waals surface area contributed by atoms with Crippen LogP contribution >= 0.6 is 0 Å². The summed E-state index contributed by atoms with van der Waals surface area (Å²) in [6.45, 7) is 3.36. The van der Waals surface area contributed by atoms with Crippen molar-refractivity contribution in [1.82, 2.24) is 0 Å². The van der Waals surface area contributed by atoms with Crippen molar-refractivity contribution in [3.63, 3.8) is 0 Å². The van der Waals surface area contributed by atoms with Gasteiger partial charge in [0, 0.05) is 12.0 Å². The molecule has 0 fully saturated rings. The molecular weight excluding hydrogens is 246 g/mol. The number of halogens is 2. The third-order valence-electron chi connectivity index (χ3n) is 3.10. The fourth-order valence-corrected chi connectivity index (χ4v) is 1.95. The lowest BCUT2D eigenvalue weighted by atomic mass is 9.99. The van der Waals surface area contributed by atoms with Gasteiger partial charge in [0.2, 0.25) is 0 Å². The van der Waals surface area contributed by atoms with Gasteiger partial charge in [0.25, 0.3) is 0 Å². The van der Waals surface area contributed by atoms with Gasteiger partial charge in [-0.3, -0.25) is 4.79 Å². The predicted octanol–water partition coefficient (Wildman–Crippen LogP) is 4.53. The maximum atomic E-state index is 14.0. The second kappa shape index (κ2) is 5.31. The van der Waals surface area contributed by atoms with E-state index in [4.69, 9.17) is 0 Å². The zero-order chi connectivity index (χ0) is 14.0. The molecule has 0 spiro atoms. The lowest BCUT2D eigenvalue weighted by Crippen LogP contribution is -1.97. The molecule has 0 atom stereocenters. The van der Waals surface area contributed by atoms with Gasteiger partial charge in [-0.25, -0.2) is 8.78 Å². The van der Waals surface area contributed by atoms with Crippen LogP contribution in [0.3, 0.4) is 0 Å². The van der Waals surface area contributed by atoms with E-state index in [0.29, 0.717) is 23.1 Å². The fraction of sp³-hybridized carbons (Fsp3) is 0.188. The van der Waals surface area contributed by atoms with Crippen molar-refractivity contribution < 1.29 is 13.6 Å². The van der Waals surface area contributed by atoms with Crippen LogP contribution in [0.4, 0.5) is 8.78 Å². The van der Waals surface area contributed by atoms with E-state index in [-0.39, 0.29) is 11.3 Å². The molecule has 0 heterocycles. The summed E-state index contributed by atoms with van der Waals surface area (Å²) in [5, 5.41) is 0. The molecule has 2 aromatic rings. The maximum Gasteiger partial charge on any atom is 0.162 e. The maximum absolute atomic E-state index is 14.0. The number of ketones is 1. The van der Waals surface area contributed by atoms with Gasteiger partial charge in [0.15, 0.2) is 5.78 Å². The molecule has 0 aliphatic carbocycles. The molecule has 1 nitrogen and oxygen atoms in total. The summed E-state index contributed by atoms with van der Waals surface area (Å²) in [7, 11) is 0. The van der Waals surface area contributed by atoms with E-state index in [1.165, 1.54) is 12.1 Å². The molecule has 98 valence electrons. The summed E-state index contributed by atoms with van der Waals surface area (Å²) in [6, 6.07) is 9.00. The molecule has 0 unspecified atom stereocenters. The standard InChI is InChI=1S/C16H14F2O/c1-3-14(19)11-5-7-12(8-6-11)15-13(17)9-4-10(2)16(15)18/h4-9H,3H2,1-2H3. The van der Waals surface area contributed by atoms with Gasteiger partial charge in [0.05, 0.1) is 5.56 Å². The molecule has 0 bridgehead atoms. The van der Waals surface area contributed by atoms with Gasteiger partial charge in [-0.05, 0) is 24.1 Å². The number of benzene rings is 2. The zero-order valence-corrected chi connectivity index (χ0v) is 10.8. The highest BCUT2D eigenvalue weighted by atomic mass is 19.1. The molecule has 0 radical (unpaired) electrons. The van der Waals surface area contributed by atoms with Gasteiger partial charge in [-0.2, -0.15) is 0 Å². The molecule has 0 aliphatic rings. The van der Waals surface area contributed by atoms with Crippen LogP contribution in [0.15, 0.2) is 36.4 Å². The Balaban J connectivity index is 2.49. The number of hydrogen-bond donors (Lipinski definition) is 0. The number of aryl methyl sites for hydroxylation is 1. The van der Waals surface area contributed by atoms with Crippen molar-refractivity contribution in [1.29, 1.82) is 0 Å². The van der Waals surface area contributed by atoms with Crippen molar-refractivity contribution in [2.75, 3.05) is 0 Å². The minimum Gasteiger partial charge on any atom is -0.294 e. The molecule has 0 aliphatic heterocycles. The highest BCUT2D eigenvalue weighted by Gasteiger charge is 2.14. The zero-order valence-electron chi connectivity index (χ0n) is 10.8. The van der Waals surface area contributed by atoms with Crippen LogP contribution in [0.1, 0.15) is 29.3 Å². The summed E-state index contributed by atoms with van der Waals surface area (Å²) in [5.74, 6) is -1.15. The monoisotopic (exact) mass is 260 g/mol. The quantitative estimate of drug-likeness (QED) is 0.741. The molecule has 0 saturated heterocycles. The highest BCUT2D eigenvalue weighted by Crippen LogP contribution is 2.28. The average molecular weight is 260 g/mol. The first-order valence-corrected chi connectivity index (χ1v) is 6.12. The van der Waals surface area contributed by atoms with E-state index in [9.17, 15) is 13.6 Å². The van der Waals surface area contributed by atoms with Crippen LogP contribution in [0, 0.1) is 18.6 Å². The summed E-state index contributed by atoms with van der Waals surface area (Å²) in [5.41, 5.74) is 1.34. The molecule has 0 saturated carbocycles. The van der Waals surface area contributed by atoms with Gasteiger partial charge in [0.1, 0.15) is 11.6 Å². The van der Waals surface area contributed by atoms with Gasteiger partial charge >= 0.3 is 0 Å². The van der Waals surface area contributed by atoms with Crippen molar-refractivity contribution >= 4 is 5.78 Å². The second-order valence-corrected chi connectivity index (χ2v) is 4.41. The molecule has 0 amide bonds. The second-order valence-electron chi connectivity index (χ2n) is 4.41. The Labute approximate surface area is 110 Å². The van der Waals surface area contributed by atoms with Crippen LogP contribution in [0.25, 0.3) is 11.1 Å². The van der Waals surface area contributed by atoms with E-state index in [1.54, 1.807) is 38.1 Å². The number of hydrogen-bond acceptors (Lipinski definition) is 1. The smallest absolute Gasteiger partial charge is 0.162 e. The first kappa shape index (κ1) is 13.4. The van der Waals surface area contributed by atoms with Gasteiger partial charge in [-0.1, -0.05) is 37.3 Å². The van der Waals surface area contributed by atoms with Crippen LogP contribution in [0.5, 0.6) is 0 Å². The molecule has 0 aromatic heterocycles. The summed E-state index contributed by atoms with van der Waals surface area (Å²) >= 11 is 0. The van der Waals surface area contributed by atoms with Crippen LogP contribution in [-0.2, 0) is 0 Å². The molecular formula is C16H14F2O. The molecule has 2 rings (SSSR count). The van der Waals surface area contributed by atoms with Crippen molar-refractivity contribution in [2.24, 2.45) is 0 Å². The third kappa shape index (κ3) is 2.55. The Hall–Kier alpha value is -2.03. The number of rotatable bonds is 3. The Morgan fingerprint density at radius 3 is 2.26 bits per heavy atom. The summed E-state index contributed by atoms with van der Waals surface area (Å²) in [4.78, 5) is 11.5. The number of carbonyl (C=O) groups is 1. The minimum absolute atomic E-state index is 0.0109.